The molecule has 1 amide bonds. The number of pyridine rings is 1. The zero-order valence-corrected chi connectivity index (χ0v) is 17.8. The first-order chi connectivity index (χ1) is 14.5. The summed E-state index contributed by atoms with van der Waals surface area (Å²) in [6.45, 7) is 4.09. The average molecular weight is 425 g/mol. The van der Waals surface area contributed by atoms with Crippen LogP contribution in [0.15, 0.2) is 48.8 Å². The van der Waals surface area contributed by atoms with Crippen molar-refractivity contribution in [2.45, 2.75) is 32.1 Å². The number of hydrogen-bond donors (Lipinski definition) is 1. The Morgan fingerprint density at radius 2 is 1.97 bits per heavy atom. The minimum Gasteiger partial charge on any atom is -0.301 e. The fraction of sp³-hybridized carbons (Fsp3) is 0.348. The standard InChI is InChI=1S/C23H25FN4OS/c1-16-12-26-23(30-16)27-22(29)15-28-10-2-3-19(14-28)21-9-6-18(13-25-21)11-17-4-7-20(24)8-5-17/h4-9,12-13,19H,2-3,10-11,14-15H2,1H3,(H,26,27,29)/t19-/m1/s1. The highest BCUT2D eigenvalue weighted by molar-refractivity contribution is 7.15. The van der Waals surface area contributed by atoms with E-state index in [1.807, 2.05) is 13.1 Å². The Bertz CT molecular complexity index is 987. The average Bonchev–Trinajstić information content (AvgIpc) is 3.15. The number of halogens is 1. The highest BCUT2D eigenvalue weighted by Crippen LogP contribution is 2.26. The fourth-order valence-electron chi connectivity index (χ4n) is 3.83. The molecule has 0 saturated carbocycles. The van der Waals surface area contributed by atoms with E-state index in [0.29, 0.717) is 17.6 Å². The highest BCUT2D eigenvalue weighted by atomic mass is 32.1. The second-order valence-electron chi connectivity index (χ2n) is 7.79. The van der Waals surface area contributed by atoms with Gasteiger partial charge in [0.2, 0.25) is 5.91 Å². The third kappa shape index (κ3) is 5.49. The van der Waals surface area contributed by atoms with Crippen molar-refractivity contribution in [2.75, 3.05) is 25.0 Å². The largest absolute Gasteiger partial charge is 0.301 e. The van der Waals surface area contributed by atoms with Gasteiger partial charge in [-0.05, 0) is 62.1 Å². The maximum Gasteiger partial charge on any atom is 0.240 e. The molecule has 2 aromatic heterocycles. The first kappa shape index (κ1) is 20.6. The van der Waals surface area contributed by atoms with Crippen LogP contribution >= 0.6 is 11.3 Å². The molecule has 30 heavy (non-hydrogen) atoms. The quantitative estimate of drug-likeness (QED) is 0.637. The first-order valence-electron chi connectivity index (χ1n) is 10.2. The molecule has 1 saturated heterocycles. The predicted octanol–water partition coefficient (Wildman–Crippen LogP) is 4.39. The lowest BCUT2D eigenvalue weighted by Gasteiger charge is -2.31. The molecule has 0 bridgehead atoms. The predicted molar refractivity (Wildman–Crippen MR) is 117 cm³/mol. The van der Waals surface area contributed by atoms with E-state index in [-0.39, 0.29) is 11.7 Å². The maximum absolute atomic E-state index is 13.1. The molecule has 1 atom stereocenters. The zero-order valence-electron chi connectivity index (χ0n) is 17.0. The number of rotatable bonds is 6. The van der Waals surface area contributed by atoms with Gasteiger partial charge in [-0.3, -0.25) is 14.7 Å². The highest BCUT2D eigenvalue weighted by Gasteiger charge is 2.24. The Kier molecular flexibility index (Phi) is 6.50. The van der Waals surface area contributed by atoms with Crippen LogP contribution in [0.25, 0.3) is 0 Å². The number of anilines is 1. The molecule has 3 heterocycles. The van der Waals surface area contributed by atoms with Crippen molar-refractivity contribution in [1.82, 2.24) is 14.9 Å². The number of carbonyl (C=O) groups excluding carboxylic acids is 1. The van der Waals surface area contributed by atoms with Crippen molar-refractivity contribution >= 4 is 22.4 Å². The number of hydrogen-bond acceptors (Lipinski definition) is 5. The van der Waals surface area contributed by atoms with Gasteiger partial charge in [0, 0.05) is 35.4 Å². The molecule has 156 valence electrons. The molecule has 3 aromatic rings. The molecule has 1 aliphatic heterocycles. The van der Waals surface area contributed by atoms with Gasteiger partial charge < -0.3 is 5.32 Å². The number of benzene rings is 1. The van der Waals surface area contributed by atoms with Crippen LogP contribution in [0.2, 0.25) is 0 Å². The Balaban J connectivity index is 1.32. The summed E-state index contributed by atoms with van der Waals surface area (Å²) in [4.78, 5) is 24.5. The number of thiazole rings is 1. The van der Waals surface area contributed by atoms with Crippen molar-refractivity contribution in [1.29, 1.82) is 0 Å². The normalized spacial score (nSPS) is 17.1. The van der Waals surface area contributed by atoms with E-state index in [1.54, 1.807) is 18.3 Å². The lowest BCUT2D eigenvalue weighted by Crippen LogP contribution is -2.40. The van der Waals surface area contributed by atoms with Crippen molar-refractivity contribution in [3.63, 3.8) is 0 Å². The van der Waals surface area contributed by atoms with E-state index in [9.17, 15) is 9.18 Å². The number of amides is 1. The van der Waals surface area contributed by atoms with Gasteiger partial charge in [-0.1, -0.05) is 18.2 Å². The van der Waals surface area contributed by atoms with Crippen LogP contribution in [-0.4, -0.2) is 40.4 Å². The fourth-order valence-corrected chi connectivity index (χ4v) is 4.52. The van der Waals surface area contributed by atoms with Gasteiger partial charge >= 0.3 is 0 Å². The van der Waals surface area contributed by atoms with Gasteiger partial charge in [0.15, 0.2) is 5.13 Å². The van der Waals surface area contributed by atoms with Crippen LogP contribution in [-0.2, 0) is 11.2 Å². The van der Waals surface area contributed by atoms with Gasteiger partial charge in [0.05, 0.1) is 6.54 Å². The summed E-state index contributed by atoms with van der Waals surface area (Å²) in [5.74, 6) is 0.0886. The molecule has 4 rings (SSSR count). The number of likely N-dealkylation sites (tertiary alicyclic amines) is 1. The maximum atomic E-state index is 13.1. The Labute approximate surface area is 180 Å². The van der Waals surface area contributed by atoms with Crippen LogP contribution in [0.1, 0.15) is 40.5 Å². The molecule has 1 N–H and O–H groups in total. The Morgan fingerprint density at radius 1 is 1.17 bits per heavy atom. The molecular formula is C23H25FN4OS. The molecule has 1 aliphatic rings. The van der Waals surface area contributed by atoms with E-state index in [2.05, 4.69) is 27.3 Å². The van der Waals surface area contributed by atoms with Crippen molar-refractivity contribution in [3.8, 4) is 0 Å². The molecule has 0 radical (unpaired) electrons. The minimum absolute atomic E-state index is 0.0207. The Morgan fingerprint density at radius 3 is 2.67 bits per heavy atom. The summed E-state index contributed by atoms with van der Waals surface area (Å²) < 4.78 is 13.1. The van der Waals surface area contributed by atoms with Gasteiger partial charge in [0.1, 0.15) is 5.82 Å². The topological polar surface area (TPSA) is 58.1 Å². The molecule has 1 fully saturated rings. The molecule has 5 nitrogen and oxygen atoms in total. The summed E-state index contributed by atoms with van der Waals surface area (Å²) in [5, 5.41) is 3.54. The number of nitrogens with zero attached hydrogens (tertiary/aromatic N) is 3. The molecular weight excluding hydrogens is 399 g/mol. The third-order valence-corrected chi connectivity index (χ3v) is 6.16. The van der Waals surface area contributed by atoms with Crippen LogP contribution in [0.3, 0.4) is 0 Å². The van der Waals surface area contributed by atoms with Gasteiger partial charge in [-0.2, -0.15) is 0 Å². The second kappa shape index (κ2) is 9.45. The van der Waals surface area contributed by atoms with E-state index in [1.165, 1.54) is 23.5 Å². The lowest BCUT2D eigenvalue weighted by atomic mass is 9.93. The van der Waals surface area contributed by atoms with Gasteiger partial charge in [-0.25, -0.2) is 9.37 Å². The number of carbonyl (C=O) groups is 1. The molecule has 7 heteroatoms. The smallest absolute Gasteiger partial charge is 0.240 e. The second-order valence-corrected chi connectivity index (χ2v) is 9.03. The summed E-state index contributed by atoms with van der Waals surface area (Å²) >= 11 is 1.49. The summed E-state index contributed by atoms with van der Waals surface area (Å²) in [6, 6.07) is 10.8. The first-order valence-corrected chi connectivity index (χ1v) is 11.0. The monoisotopic (exact) mass is 424 g/mol. The SMILES string of the molecule is Cc1cnc(NC(=O)CN2CCC[C@@H](c3ccc(Cc4ccc(F)cc4)cn3)C2)s1. The summed E-state index contributed by atoms with van der Waals surface area (Å²) in [7, 11) is 0. The number of aryl methyl sites for hydroxylation is 1. The molecule has 0 spiro atoms. The van der Waals surface area contributed by atoms with Crippen LogP contribution in [0, 0.1) is 12.7 Å². The van der Waals surface area contributed by atoms with E-state index in [0.717, 1.165) is 54.0 Å². The zero-order chi connectivity index (χ0) is 20.9. The van der Waals surface area contributed by atoms with E-state index in [4.69, 9.17) is 4.98 Å². The van der Waals surface area contributed by atoms with Crippen molar-refractivity contribution < 1.29 is 9.18 Å². The summed E-state index contributed by atoms with van der Waals surface area (Å²) in [6.07, 6.45) is 6.54. The molecule has 1 aromatic carbocycles. The van der Waals surface area contributed by atoms with Crippen LogP contribution < -0.4 is 5.32 Å². The third-order valence-electron chi connectivity index (χ3n) is 5.33. The van der Waals surface area contributed by atoms with Gasteiger partial charge in [0.25, 0.3) is 0 Å². The van der Waals surface area contributed by atoms with Gasteiger partial charge in [-0.15, -0.1) is 11.3 Å². The van der Waals surface area contributed by atoms with Crippen molar-refractivity contribution in [3.05, 3.63) is 76.3 Å². The van der Waals surface area contributed by atoms with E-state index < -0.39 is 0 Å². The van der Waals surface area contributed by atoms with Crippen LogP contribution in [0.4, 0.5) is 9.52 Å². The van der Waals surface area contributed by atoms with Crippen LogP contribution in [0.5, 0.6) is 0 Å². The molecule has 0 unspecified atom stereocenters. The number of piperidine rings is 1. The number of aromatic nitrogens is 2. The summed E-state index contributed by atoms with van der Waals surface area (Å²) in [5.41, 5.74) is 3.24. The Hall–Kier alpha value is -2.64. The lowest BCUT2D eigenvalue weighted by molar-refractivity contribution is -0.117. The minimum atomic E-state index is -0.218. The molecule has 0 aliphatic carbocycles. The van der Waals surface area contributed by atoms with E-state index >= 15 is 0 Å². The number of nitrogens with one attached hydrogen (secondary N) is 1. The van der Waals surface area contributed by atoms with Crippen molar-refractivity contribution in [2.24, 2.45) is 0 Å².